The molecule has 0 spiro atoms. The number of fused-ring (bicyclic) bond motifs is 1. The first kappa shape index (κ1) is 20.3. The second-order valence-electron chi connectivity index (χ2n) is 7.76. The zero-order valence-corrected chi connectivity index (χ0v) is 17.8. The molecule has 4 aromatic rings. The Morgan fingerprint density at radius 3 is 2.91 bits per heavy atom. The van der Waals surface area contributed by atoms with E-state index in [0.29, 0.717) is 29.2 Å². The number of aromatic nitrogens is 3. The zero-order chi connectivity index (χ0) is 22.2. The Labute approximate surface area is 187 Å². The molecule has 0 aliphatic carbocycles. The fraction of sp³-hybridized carbons (Fsp3) is 0.217. The van der Waals surface area contributed by atoms with Crippen LogP contribution in [0.5, 0.6) is 0 Å². The first-order valence-electron chi connectivity index (χ1n) is 10.2. The average molecular weight is 447 g/mol. The van der Waals surface area contributed by atoms with Gasteiger partial charge in [-0.15, -0.1) is 11.3 Å². The summed E-state index contributed by atoms with van der Waals surface area (Å²) in [5.41, 5.74) is 8.91. The van der Waals surface area contributed by atoms with Gasteiger partial charge in [0, 0.05) is 35.8 Å². The number of piperidine rings is 1. The Bertz CT molecular complexity index is 1370. The highest BCUT2D eigenvalue weighted by Crippen LogP contribution is 2.41. The van der Waals surface area contributed by atoms with E-state index in [1.165, 1.54) is 29.8 Å². The average Bonchev–Trinajstić information content (AvgIpc) is 3.45. The predicted molar refractivity (Wildman–Crippen MR) is 121 cm³/mol. The number of hydrogen-bond donors (Lipinski definition) is 1. The molecule has 1 saturated heterocycles. The molecule has 0 saturated carbocycles. The van der Waals surface area contributed by atoms with Crippen molar-refractivity contribution in [2.75, 3.05) is 13.1 Å². The number of nitrogens with two attached hydrogens (primary N) is 1. The molecular weight excluding hydrogens is 427 g/mol. The standard InChI is InChI=1S/C23H19FN6OS/c1-26-19-5-4-14(9-18(19)24)17-11-20(23(31)29-7-2-3-16(25)12-29)32-22(17)15-6-8-30-21(10-15)27-13-28-30/h4-6,8-11,13,16H,2-3,7,12,25H2/t16-/m1/s1. The highest BCUT2D eigenvalue weighted by Gasteiger charge is 2.26. The number of benzene rings is 1. The van der Waals surface area contributed by atoms with Gasteiger partial charge in [-0.1, -0.05) is 12.1 Å². The molecule has 7 nitrogen and oxygen atoms in total. The highest BCUT2D eigenvalue weighted by molar-refractivity contribution is 7.18. The molecule has 1 amide bonds. The number of rotatable bonds is 3. The smallest absolute Gasteiger partial charge is 0.264 e. The summed E-state index contributed by atoms with van der Waals surface area (Å²) in [6, 6.07) is 10.1. The summed E-state index contributed by atoms with van der Waals surface area (Å²) in [7, 11) is 0. The Morgan fingerprint density at radius 1 is 1.25 bits per heavy atom. The summed E-state index contributed by atoms with van der Waals surface area (Å²) in [5, 5.41) is 4.13. The van der Waals surface area contributed by atoms with Gasteiger partial charge in [-0.05, 0) is 48.2 Å². The molecule has 1 aliphatic heterocycles. The van der Waals surface area contributed by atoms with E-state index in [2.05, 4.69) is 14.9 Å². The second kappa shape index (κ2) is 8.15. The second-order valence-corrected chi connectivity index (χ2v) is 8.82. The molecule has 1 aliphatic rings. The van der Waals surface area contributed by atoms with Crippen molar-refractivity contribution in [3.63, 3.8) is 0 Å². The quantitative estimate of drug-likeness (QED) is 0.474. The highest BCUT2D eigenvalue weighted by atomic mass is 32.1. The van der Waals surface area contributed by atoms with E-state index >= 15 is 0 Å². The number of carbonyl (C=O) groups excluding carboxylic acids is 1. The van der Waals surface area contributed by atoms with Gasteiger partial charge in [0.15, 0.2) is 5.65 Å². The monoisotopic (exact) mass is 446 g/mol. The van der Waals surface area contributed by atoms with Gasteiger partial charge in [-0.3, -0.25) is 4.79 Å². The normalized spacial score (nSPS) is 16.3. The lowest BCUT2D eigenvalue weighted by atomic mass is 10.0. The number of pyridine rings is 1. The number of carbonyl (C=O) groups is 1. The number of thiophene rings is 1. The Balaban J connectivity index is 1.62. The lowest BCUT2D eigenvalue weighted by Crippen LogP contribution is -2.45. The number of hydrogen-bond acceptors (Lipinski definition) is 5. The van der Waals surface area contributed by atoms with Gasteiger partial charge >= 0.3 is 0 Å². The molecule has 5 rings (SSSR count). The minimum absolute atomic E-state index is 0.0165. The van der Waals surface area contributed by atoms with Crippen LogP contribution in [0.25, 0.3) is 32.1 Å². The number of likely N-dealkylation sites (tertiary alicyclic amines) is 1. The summed E-state index contributed by atoms with van der Waals surface area (Å²) in [5.74, 6) is -0.656. The minimum Gasteiger partial charge on any atom is -0.336 e. The summed E-state index contributed by atoms with van der Waals surface area (Å²) < 4.78 is 16.1. The van der Waals surface area contributed by atoms with Crippen LogP contribution in [-0.4, -0.2) is 44.5 Å². The van der Waals surface area contributed by atoms with Gasteiger partial charge in [-0.25, -0.2) is 18.7 Å². The van der Waals surface area contributed by atoms with Gasteiger partial charge < -0.3 is 10.6 Å². The molecule has 0 radical (unpaired) electrons. The van der Waals surface area contributed by atoms with Crippen LogP contribution in [0.3, 0.4) is 0 Å². The molecule has 0 unspecified atom stereocenters. The molecule has 2 N–H and O–H groups in total. The Kier molecular flexibility index (Phi) is 5.17. The molecule has 160 valence electrons. The van der Waals surface area contributed by atoms with Crippen LogP contribution >= 0.6 is 11.3 Å². The third-order valence-corrected chi connectivity index (χ3v) is 6.78. The Hall–Kier alpha value is -3.61. The lowest BCUT2D eigenvalue weighted by molar-refractivity contribution is 0.0714. The molecule has 0 bridgehead atoms. The van der Waals surface area contributed by atoms with E-state index in [0.717, 1.165) is 28.8 Å². The van der Waals surface area contributed by atoms with E-state index in [1.54, 1.807) is 21.7 Å². The van der Waals surface area contributed by atoms with E-state index in [1.807, 2.05) is 18.2 Å². The molecule has 32 heavy (non-hydrogen) atoms. The third kappa shape index (κ3) is 3.64. The van der Waals surface area contributed by atoms with Crippen LogP contribution in [0.4, 0.5) is 10.1 Å². The maximum absolute atomic E-state index is 14.4. The van der Waals surface area contributed by atoms with Crippen LogP contribution in [0, 0.1) is 12.4 Å². The van der Waals surface area contributed by atoms with Crippen molar-refractivity contribution in [2.24, 2.45) is 5.73 Å². The summed E-state index contributed by atoms with van der Waals surface area (Å²) in [4.78, 5) is 23.9. The number of halogens is 1. The van der Waals surface area contributed by atoms with E-state index in [9.17, 15) is 9.18 Å². The van der Waals surface area contributed by atoms with Crippen molar-refractivity contribution in [2.45, 2.75) is 18.9 Å². The van der Waals surface area contributed by atoms with Crippen molar-refractivity contribution >= 4 is 28.6 Å². The molecule has 4 heterocycles. The van der Waals surface area contributed by atoms with Crippen molar-refractivity contribution < 1.29 is 9.18 Å². The zero-order valence-electron chi connectivity index (χ0n) is 17.0. The minimum atomic E-state index is -0.586. The van der Waals surface area contributed by atoms with E-state index in [-0.39, 0.29) is 17.6 Å². The maximum atomic E-state index is 14.4. The fourth-order valence-corrected chi connectivity index (χ4v) is 5.14. The van der Waals surface area contributed by atoms with Gasteiger partial charge in [0.2, 0.25) is 5.69 Å². The Morgan fingerprint density at radius 2 is 2.12 bits per heavy atom. The SMILES string of the molecule is [C-]#[N+]c1ccc(-c2cc(C(=O)N3CCC[C@@H](N)C3)sc2-c2ccn3ncnc3c2)cc1F. The summed E-state index contributed by atoms with van der Waals surface area (Å²) in [6.45, 7) is 8.30. The van der Waals surface area contributed by atoms with Crippen LogP contribution in [-0.2, 0) is 0 Å². The van der Waals surface area contributed by atoms with Gasteiger partial charge in [-0.2, -0.15) is 5.10 Å². The van der Waals surface area contributed by atoms with Crippen molar-refractivity contribution in [3.05, 3.63) is 71.0 Å². The van der Waals surface area contributed by atoms with Crippen molar-refractivity contribution in [3.8, 4) is 21.6 Å². The maximum Gasteiger partial charge on any atom is 0.264 e. The topological polar surface area (TPSA) is 80.9 Å². The van der Waals surface area contributed by atoms with Crippen LogP contribution in [0.2, 0.25) is 0 Å². The number of nitrogens with zero attached hydrogens (tertiary/aromatic N) is 5. The lowest BCUT2D eigenvalue weighted by Gasteiger charge is -2.30. The van der Waals surface area contributed by atoms with Crippen LogP contribution in [0.1, 0.15) is 22.5 Å². The molecular formula is C23H19FN6OS. The van der Waals surface area contributed by atoms with Gasteiger partial charge in [0.1, 0.15) is 12.1 Å². The summed E-state index contributed by atoms with van der Waals surface area (Å²) >= 11 is 1.36. The molecule has 3 aromatic heterocycles. The van der Waals surface area contributed by atoms with E-state index < -0.39 is 5.82 Å². The molecule has 1 fully saturated rings. The van der Waals surface area contributed by atoms with Crippen molar-refractivity contribution in [1.29, 1.82) is 0 Å². The van der Waals surface area contributed by atoms with Crippen LogP contribution in [0.15, 0.2) is 48.9 Å². The first-order chi connectivity index (χ1) is 15.5. The molecule has 9 heteroatoms. The molecule has 1 aromatic carbocycles. The largest absolute Gasteiger partial charge is 0.336 e. The van der Waals surface area contributed by atoms with E-state index in [4.69, 9.17) is 12.3 Å². The van der Waals surface area contributed by atoms with Gasteiger partial charge in [0.05, 0.1) is 11.4 Å². The fourth-order valence-electron chi connectivity index (χ4n) is 4.00. The van der Waals surface area contributed by atoms with Gasteiger partial charge in [0.25, 0.3) is 5.91 Å². The first-order valence-corrected chi connectivity index (χ1v) is 11.0. The third-order valence-electron chi connectivity index (χ3n) is 5.61. The number of amides is 1. The predicted octanol–water partition coefficient (Wildman–Crippen LogP) is 4.38. The summed E-state index contributed by atoms with van der Waals surface area (Å²) in [6.07, 6.45) is 5.07. The van der Waals surface area contributed by atoms with Crippen molar-refractivity contribution in [1.82, 2.24) is 19.5 Å². The molecule has 1 atom stereocenters. The van der Waals surface area contributed by atoms with Crippen LogP contribution < -0.4 is 5.73 Å².